The highest BCUT2D eigenvalue weighted by Crippen LogP contribution is 2.55. The van der Waals surface area contributed by atoms with Crippen molar-refractivity contribution in [3.05, 3.63) is 0 Å². The lowest BCUT2D eigenvalue weighted by Crippen LogP contribution is -2.57. The monoisotopic (exact) mass is 423 g/mol. The van der Waals surface area contributed by atoms with Crippen LogP contribution in [0.4, 0.5) is 4.79 Å². The van der Waals surface area contributed by atoms with Gasteiger partial charge >= 0.3 is 12.1 Å². The zero-order valence-corrected chi connectivity index (χ0v) is 18.3. The topological polar surface area (TPSA) is 114 Å². The van der Waals surface area contributed by atoms with E-state index in [0.717, 1.165) is 19.3 Å². The summed E-state index contributed by atoms with van der Waals surface area (Å²) in [7, 11) is 1.25. The fraction of sp³-hybridized carbons (Fsp3) is 0.810. The van der Waals surface area contributed by atoms with Gasteiger partial charge in [0, 0.05) is 19.0 Å². The SMILES string of the molecule is COC(=O)[C@H](C[C@@H]1CCNC1=O)NC(=O)C1CC2(CCN1C(=O)OC(C)(C)C)CC2. The lowest BCUT2D eigenvalue weighted by Gasteiger charge is -2.39. The molecule has 0 aromatic heterocycles. The van der Waals surface area contributed by atoms with E-state index in [1.807, 2.05) is 0 Å². The van der Waals surface area contributed by atoms with Gasteiger partial charge in [0.05, 0.1) is 7.11 Å². The molecule has 3 atom stereocenters. The first-order valence-corrected chi connectivity index (χ1v) is 10.7. The number of methoxy groups -OCH3 is 1. The van der Waals surface area contributed by atoms with E-state index < -0.39 is 35.7 Å². The summed E-state index contributed by atoms with van der Waals surface area (Å²) in [5.74, 6) is -1.47. The van der Waals surface area contributed by atoms with E-state index in [1.54, 1.807) is 20.8 Å². The zero-order valence-electron chi connectivity index (χ0n) is 18.3. The second-order valence-corrected chi connectivity index (χ2v) is 9.74. The van der Waals surface area contributed by atoms with Gasteiger partial charge in [0.15, 0.2) is 0 Å². The Morgan fingerprint density at radius 1 is 1.27 bits per heavy atom. The van der Waals surface area contributed by atoms with E-state index in [4.69, 9.17) is 9.47 Å². The Balaban J connectivity index is 1.72. The van der Waals surface area contributed by atoms with Gasteiger partial charge in [-0.25, -0.2) is 9.59 Å². The fourth-order valence-electron chi connectivity index (χ4n) is 4.32. The highest BCUT2D eigenvalue weighted by molar-refractivity contribution is 5.90. The molecule has 3 rings (SSSR count). The lowest BCUT2D eigenvalue weighted by molar-refractivity contribution is -0.146. The number of carbonyl (C=O) groups excluding carboxylic acids is 4. The summed E-state index contributed by atoms with van der Waals surface area (Å²) in [6.07, 6.45) is 3.74. The summed E-state index contributed by atoms with van der Waals surface area (Å²) in [5, 5.41) is 5.49. The maximum absolute atomic E-state index is 13.2. The van der Waals surface area contributed by atoms with Crippen molar-refractivity contribution in [3.8, 4) is 0 Å². The number of piperidine rings is 1. The third-order valence-corrected chi connectivity index (χ3v) is 6.26. The van der Waals surface area contributed by atoms with Gasteiger partial charge in [-0.1, -0.05) is 0 Å². The summed E-state index contributed by atoms with van der Waals surface area (Å²) in [6, 6.07) is -1.64. The molecule has 168 valence electrons. The molecule has 1 aliphatic carbocycles. The van der Waals surface area contributed by atoms with Crippen LogP contribution in [0.25, 0.3) is 0 Å². The van der Waals surface area contributed by atoms with Crippen LogP contribution >= 0.6 is 0 Å². The Morgan fingerprint density at radius 3 is 2.50 bits per heavy atom. The molecule has 2 heterocycles. The molecular formula is C21H33N3O6. The Hall–Kier alpha value is -2.32. The first-order chi connectivity index (χ1) is 14.0. The van der Waals surface area contributed by atoms with Crippen LogP contribution in [0.1, 0.15) is 59.3 Å². The number of nitrogens with one attached hydrogen (secondary N) is 2. The van der Waals surface area contributed by atoms with Crippen LogP contribution in [-0.4, -0.2) is 66.7 Å². The van der Waals surface area contributed by atoms with Crippen molar-refractivity contribution in [2.45, 2.75) is 77.0 Å². The number of hydrogen-bond donors (Lipinski definition) is 2. The molecule has 1 unspecified atom stereocenters. The minimum atomic E-state index is -0.936. The van der Waals surface area contributed by atoms with Crippen molar-refractivity contribution in [2.75, 3.05) is 20.2 Å². The molecule has 2 aliphatic heterocycles. The minimum Gasteiger partial charge on any atom is -0.467 e. The summed E-state index contributed by atoms with van der Waals surface area (Å²) in [4.78, 5) is 51.6. The molecule has 3 aliphatic rings. The van der Waals surface area contributed by atoms with Crippen LogP contribution in [0.2, 0.25) is 0 Å². The highest BCUT2D eigenvalue weighted by atomic mass is 16.6. The van der Waals surface area contributed by atoms with Gasteiger partial charge in [0.1, 0.15) is 17.7 Å². The van der Waals surface area contributed by atoms with Crippen LogP contribution < -0.4 is 10.6 Å². The molecular weight excluding hydrogens is 390 g/mol. The molecule has 9 nitrogen and oxygen atoms in total. The van der Waals surface area contributed by atoms with Crippen molar-refractivity contribution >= 4 is 23.9 Å². The van der Waals surface area contributed by atoms with E-state index >= 15 is 0 Å². The predicted octanol–water partition coefficient (Wildman–Crippen LogP) is 1.35. The first kappa shape index (κ1) is 22.4. The molecule has 0 radical (unpaired) electrons. The smallest absolute Gasteiger partial charge is 0.410 e. The van der Waals surface area contributed by atoms with Crippen LogP contribution in [-0.2, 0) is 23.9 Å². The van der Waals surface area contributed by atoms with Crippen molar-refractivity contribution < 1.29 is 28.7 Å². The van der Waals surface area contributed by atoms with Crippen LogP contribution in [0.15, 0.2) is 0 Å². The number of carbonyl (C=O) groups is 4. The quantitative estimate of drug-likeness (QED) is 0.645. The van der Waals surface area contributed by atoms with Crippen LogP contribution in [0, 0.1) is 11.3 Å². The molecule has 3 amide bonds. The standard InChI is InChI=1S/C21H33N3O6/c1-20(2,3)30-19(28)24-10-8-21(6-7-21)12-15(24)17(26)23-14(18(27)29-4)11-13-5-9-22-16(13)25/h13-15H,5-12H2,1-4H3,(H,22,25)(H,23,26)/t13-,14-,15?/m0/s1. The Labute approximate surface area is 177 Å². The number of nitrogens with zero attached hydrogens (tertiary/aromatic N) is 1. The molecule has 2 saturated heterocycles. The van der Waals surface area contributed by atoms with Crippen LogP contribution in [0.3, 0.4) is 0 Å². The molecule has 2 N–H and O–H groups in total. The molecule has 1 saturated carbocycles. The van der Waals surface area contributed by atoms with Crippen molar-refractivity contribution in [3.63, 3.8) is 0 Å². The third kappa shape index (κ3) is 5.23. The van der Waals surface area contributed by atoms with Gasteiger partial charge < -0.3 is 20.1 Å². The molecule has 30 heavy (non-hydrogen) atoms. The molecule has 0 aromatic carbocycles. The highest BCUT2D eigenvalue weighted by Gasteiger charge is 2.52. The summed E-state index contributed by atoms with van der Waals surface area (Å²) >= 11 is 0. The minimum absolute atomic E-state index is 0.104. The van der Waals surface area contributed by atoms with E-state index in [0.29, 0.717) is 25.9 Å². The average Bonchev–Trinajstić information content (AvgIpc) is 3.29. The summed E-state index contributed by atoms with van der Waals surface area (Å²) in [5.41, 5.74) is -0.566. The second kappa shape index (κ2) is 8.43. The number of likely N-dealkylation sites (tertiary alicyclic amines) is 1. The predicted molar refractivity (Wildman–Crippen MR) is 107 cm³/mol. The first-order valence-electron chi connectivity index (χ1n) is 10.7. The van der Waals surface area contributed by atoms with Crippen molar-refractivity contribution in [1.29, 1.82) is 0 Å². The van der Waals surface area contributed by atoms with Crippen LogP contribution in [0.5, 0.6) is 0 Å². The van der Waals surface area contributed by atoms with Crippen molar-refractivity contribution in [2.24, 2.45) is 11.3 Å². The Morgan fingerprint density at radius 2 is 1.97 bits per heavy atom. The average molecular weight is 424 g/mol. The molecule has 1 spiro atoms. The van der Waals surface area contributed by atoms with Gasteiger partial charge in [-0.2, -0.15) is 0 Å². The summed E-state index contributed by atoms with van der Waals surface area (Å²) in [6.45, 7) is 6.36. The van der Waals surface area contributed by atoms with Gasteiger partial charge in [0.2, 0.25) is 11.8 Å². The normalized spacial score (nSPS) is 26.0. The molecule has 9 heteroatoms. The Kier molecular flexibility index (Phi) is 6.29. The third-order valence-electron chi connectivity index (χ3n) is 6.26. The van der Waals surface area contributed by atoms with Gasteiger partial charge in [0.25, 0.3) is 0 Å². The van der Waals surface area contributed by atoms with Gasteiger partial charge in [-0.3, -0.25) is 14.5 Å². The summed E-state index contributed by atoms with van der Waals surface area (Å²) < 4.78 is 10.4. The lowest BCUT2D eigenvalue weighted by atomic mass is 9.87. The van der Waals surface area contributed by atoms with E-state index in [1.165, 1.54) is 12.0 Å². The molecule has 0 bridgehead atoms. The van der Waals surface area contributed by atoms with E-state index in [2.05, 4.69) is 10.6 Å². The molecule has 0 aromatic rings. The Bertz CT molecular complexity index is 712. The largest absolute Gasteiger partial charge is 0.467 e. The second-order valence-electron chi connectivity index (χ2n) is 9.74. The molecule has 3 fully saturated rings. The number of amides is 3. The van der Waals surface area contributed by atoms with Gasteiger partial charge in [-0.15, -0.1) is 0 Å². The van der Waals surface area contributed by atoms with E-state index in [9.17, 15) is 19.2 Å². The number of hydrogen-bond acceptors (Lipinski definition) is 6. The number of esters is 1. The van der Waals surface area contributed by atoms with Crippen molar-refractivity contribution in [1.82, 2.24) is 15.5 Å². The van der Waals surface area contributed by atoms with E-state index in [-0.39, 0.29) is 23.7 Å². The number of rotatable bonds is 5. The zero-order chi connectivity index (χ0) is 22.1. The number of ether oxygens (including phenoxy) is 2. The van der Waals surface area contributed by atoms with Gasteiger partial charge in [-0.05, 0) is 64.7 Å². The maximum Gasteiger partial charge on any atom is 0.410 e. The maximum atomic E-state index is 13.2. The fourth-order valence-corrected chi connectivity index (χ4v) is 4.32.